The fourth-order valence-electron chi connectivity index (χ4n) is 2.15. The number of anilines is 2. The Bertz CT molecular complexity index is 872. The number of nitrogen functional groups attached to an aromatic ring is 1. The van der Waals surface area contributed by atoms with Crippen molar-refractivity contribution in [2.75, 3.05) is 11.1 Å². The second-order valence-electron chi connectivity index (χ2n) is 5.41. The Labute approximate surface area is 144 Å². The number of benzene rings is 1. The number of amides is 1. The van der Waals surface area contributed by atoms with Crippen LogP contribution in [0.1, 0.15) is 21.6 Å². The highest BCUT2D eigenvalue weighted by Crippen LogP contribution is 2.29. The van der Waals surface area contributed by atoms with Crippen LogP contribution in [0.2, 0.25) is 0 Å². The minimum Gasteiger partial charge on any atom is -0.447 e. The number of hydrogen-bond acceptors (Lipinski definition) is 5. The van der Waals surface area contributed by atoms with Crippen LogP contribution in [-0.4, -0.2) is 10.9 Å². The molecule has 2 heterocycles. The molecule has 0 radical (unpaired) electrons. The van der Waals surface area contributed by atoms with Gasteiger partial charge in [0, 0.05) is 11.4 Å². The smallest absolute Gasteiger partial charge is 0.259 e. The Balaban J connectivity index is 1.68. The molecule has 3 N–H and O–H groups in total. The van der Waals surface area contributed by atoms with Crippen molar-refractivity contribution in [3.05, 3.63) is 64.7 Å². The standard InChI is InChI=1S/C18H17N3O2S/c1-11-9-16(24-10-11)23-14-6-4-13(5-7-14)21-18(22)15-8-3-12(2)20-17(15)19/h3-10H,1-2H3,(H2,19,20)(H,21,22). The zero-order valence-corrected chi connectivity index (χ0v) is 14.2. The van der Waals surface area contributed by atoms with Gasteiger partial charge in [0.25, 0.3) is 5.91 Å². The Morgan fingerprint density at radius 2 is 1.92 bits per heavy atom. The zero-order valence-electron chi connectivity index (χ0n) is 13.4. The van der Waals surface area contributed by atoms with Crippen molar-refractivity contribution >= 4 is 28.7 Å². The molecule has 0 bridgehead atoms. The van der Waals surface area contributed by atoms with E-state index in [1.54, 1.807) is 47.7 Å². The van der Waals surface area contributed by atoms with Gasteiger partial charge in [0.1, 0.15) is 11.6 Å². The van der Waals surface area contributed by atoms with E-state index in [1.807, 2.05) is 25.3 Å². The molecule has 1 amide bonds. The lowest BCUT2D eigenvalue weighted by molar-refractivity contribution is 0.102. The van der Waals surface area contributed by atoms with Gasteiger partial charge in [0.15, 0.2) is 5.06 Å². The monoisotopic (exact) mass is 339 g/mol. The van der Waals surface area contributed by atoms with E-state index in [-0.39, 0.29) is 11.7 Å². The number of nitrogens with zero attached hydrogens (tertiary/aromatic N) is 1. The molecule has 24 heavy (non-hydrogen) atoms. The van der Waals surface area contributed by atoms with E-state index in [2.05, 4.69) is 10.3 Å². The maximum atomic E-state index is 12.3. The highest BCUT2D eigenvalue weighted by molar-refractivity contribution is 7.12. The third kappa shape index (κ3) is 3.72. The van der Waals surface area contributed by atoms with Gasteiger partial charge < -0.3 is 15.8 Å². The first kappa shape index (κ1) is 16.0. The number of aryl methyl sites for hydroxylation is 2. The van der Waals surface area contributed by atoms with Crippen LogP contribution in [-0.2, 0) is 0 Å². The van der Waals surface area contributed by atoms with Gasteiger partial charge in [-0.2, -0.15) is 0 Å². The van der Waals surface area contributed by atoms with E-state index in [9.17, 15) is 4.79 Å². The van der Waals surface area contributed by atoms with Crippen LogP contribution in [0, 0.1) is 13.8 Å². The lowest BCUT2D eigenvalue weighted by Gasteiger charge is -2.08. The van der Waals surface area contributed by atoms with E-state index >= 15 is 0 Å². The maximum Gasteiger partial charge on any atom is 0.259 e. The predicted molar refractivity (Wildman–Crippen MR) is 96.9 cm³/mol. The number of nitrogens with one attached hydrogen (secondary N) is 1. The average molecular weight is 339 g/mol. The first-order chi connectivity index (χ1) is 11.5. The maximum absolute atomic E-state index is 12.3. The molecular formula is C18H17N3O2S. The summed E-state index contributed by atoms with van der Waals surface area (Å²) in [5, 5.41) is 5.67. The summed E-state index contributed by atoms with van der Waals surface area (Å²) in [6.07, 6.45) is 0. The van der Waals surface area contributed by atoms with Gasteiger partial charge in [-0.15, -0.1) is 11.3 Å². The molecule has 0 aliphatic heterocycles. The van der Waals surface area contributed by atoms with Crippen LogP contribution in [0.3, 0.4) is 0 Å². The van der Waals surface area contributed by atoms with Gasteiger partial charge in [-0.1, -0.05) is 0 Å². The summed E-state index contributed by atoms with van der Waals surface area (Å²) in [5.41, 5.74) is 8.76. The average Bonchev–Trinajstić information content (AvgIpc) is 2.94. The van der Waals surface area contributed by atoms with Gasteiger partial charge in [0.05, 0.1) is 5.56 Å². The highest BCUT2D eigenvalue weighted by Gasteiger charge is 2.11. The number of thiophene rings is 1. The van der Waals surface area contributed by atoms with Crippen LogP contribution < -0.4 is 15.8 Å². The van der Waals surface area contributed by atoms with Gasteiger partial charge in [-0.3, -0.25) is 4.79 Å². The number of nitrogens with two attached hydrogens (primary N) is 1. The normalized spacial score (nSPS) is 10.4. The van der Waals surface area contributed by atoms with Crippen LogP contribution >= 0.6 is 11.3 Å². The van der Waals surface area contributed by atoms with Crippen molar-refractivity contribution in [2.24, 2.45) is 0 Å². The van der Waals surface area contributed by atoms with Gasteiger partial charge in [-0.05, 0) is 67.3 Å². The second-order valence-corrected chi connectivity index (χ2v) is 6.28. The van der Waals surface area contributed by atoms with Crippen molar-refractivity contribution in [3.8, 4) is 10.8 Å². The van der Waals surface area contributed by atoms with E-state index in [4.69, 9.17) is 10.5 Å². The largest absolute Gasteiger partial charge is 0.447 e. The Morgan fingerprint density at radius 3 is 2.54 bits per heavy atom. The third-order valence-electron chi connectivity index (χ3n) is 3.35. The van der Waals surface area contributed by atoms with Crippen molar-refractivity contribution in [3.63, 3.8) is 0 Å². The molecule has 0 fully saturated rings. The van der Waals surface area contributed by atoms with Crippen molar-refractivity contribution in [1.29, 1.82) is 0 Å². The molecule has 5 nitrogen and oxygen atoms in total. The molecule has 1 aromatic carbocycles. The number of pyridine rings is 1. The Kier molecular flexibility index (Phi) is 4.48. The number of ether oxygens (including phenoxy) is 1. The third-order valence-corrected chi connectivity index (χ3v) is 4.27. The van der Waals surface area contributed by atoms with Crippen LogP contribution in [0.15, 0.2) is 47.8 Å². The number of carbonyl (C=O) groups is 1. The second kappa shape index (κ2) is 6.72. The number of hydrogen-bond donors (Lipinski definition) is 2. The van der Waals surface area contributed by atoms with E-state index in [0.29, 0.717) is 17.0 Å². The van der Waals surface area contributed by atoms with Crippen molar-refractivity contribution in [1.82, 2.24) is 4.98 Å². The quantitative estimate of drug-likeness (QED) is 0.739. The predicted octanol–water partition coefficient (Wildman–Crippen LogP) is 4.39. The lowest BCUT2D eigenvalue weighted by Crippen LogP contribution is -2.15. The SMILES string of the molecule is Cc1csc(Oc2ccc(NC(=O)c3ccc(C)nc3N)cc2)c1. The fraction of sp³-hybridized carbons (Fsp3) is 0.111. The molecular weight excluding hydrogens is 322 g/mol. The van der Waals surface area contributed by atoms with E-state index in [0.717, 1.165) is 10.8 Å². The van der Waals surface area contributed by atoms with Gasteiger partial charge >= 0.3 is 0 Å². The van der Waals surface area contributed by atoms with E-state index in [1.165, 1.54) is 5.56 Å². The van der Waals surface area contributed by atoms with Crippen molar-refractivity contribution < 1.29 is 9.53 Å². The molecule has 0 atom stereocenters. The molecule has 122 valence electrons. The minimum absolute atomic E-state index is 0.223. The molecule has 0 aliphatic rings. The topological polar surface area (TPSA) is 77.2 Å². The molecule has 0 unspecified atom stereocenters. The van der Waals surface area contributed by atoms with E-state index < -0.39 is 0 Å². The van der Waals surface area contributed by atoms with Crippen LogP contribution in [0.5, 0.6) is 10.8 Å². The van der Waals surface area contributed by atoms with Gasteiger partial charge in [-0.25, -0.2) is 4.98 Å². The molecule has 0 spiro atoms. The summed E-state index contributed by atoms with van der Waals surface area (Å²) in [5.74, 6) is 0.648. The summed E-state index contributed by atoms with van der Waals surface area (Å²) in [6.45, 7) is 3.85. The molecule has 3 aromatic rings. The summed E-state index contributed by atoms with van der Waals surface area (Å²) >= 11 is 1.55. The highest BCUT2D eigenvalue weighted by atomic mass is 32.1. The lowest BCUT2D eigenvalue weighted by atomic mass is 10.2. The van der Waals surface area contributed by atoms with Crippen molar-refractivity contribution in [2.45, 2.75) is 13.8 Å². The molecule has 6 heteroatoms. The Morgan fingerprint density at radius 1 is 1.17 bits per heavy atom. The number of rotatable bonds is 4. The first-order valence-corrected chi connectivity index (χ1v) is 8.27. The number of aromatic nitrogens is 1. The Hall–Kier alpha value is -2.86. The summed E-state index contributed by atoms with van der Waals surface area (Å²) in [7, 11) is 0. The van der Waals surface area contributed by atoms with Crippen LogP contribution in [0.4, 0.5) is 11.5 Å². The van der Waals surface area contributed by atoms with Crippen LogP contribution in [0.25, 0.3) is 0 Å². The van der Waals surface area contributed by atoms with Gasteiger partial charge in [0.2, 0.25) is 0 Å². The molecule has 0 aliphatic carbocycles. The molecule has 3 rings (SSSR count). The first-order valence-electron chi connectivity index (χ1n) is 7.39. The number of carbonyl (C=O) groups excluding carboxylic acids is 1. The molecule has 0 saturated heterocycles. The minimum atomic E-state index is -0.289. The summed E-state index contributed by atoms with van der Waals surface area (Å²) in [4.78, 5) is 16.4. The molecule has 2 aromatic heterocycles. The molecule has 0 saturated carbocycles. The summed E-state index contributed by atoms with van der Waals surface area (Å²) in [6, 6.07) is 12.6. The zero-order chi connectivity index (χ0) is 17.1. The summed E-state index contributed by atoms with van der Waals surface area (Å²) < 4.78 is 5.75. The fourth-order valence-corrected chi connectivity index (χ4v) is 2.92.